The summed E-state index contributed by atoms with van der Waals surface area (Å²) in [6.45, 7) is 0. The molecule has 2 aliphatic heterocycles. The molecule has 3 rings (SSSR count). The molecule has 2 aliphatic rings. The van der Waals surface area contributed by atoms with Crippen LogP contribution in [0.2, 0.25) is 5.02 Å². The third kappa shape index (κ3) is 3.01. The van der Waals surface area contributed by atoms with E-state index in [2.05, 4.69) is 21.2 Å². The van der Waals surface area contributed by atoms with Crippen molar-refractivity contribution in [1.29, 1.82) is 0 Å². The number of halogens is 2. The molecular formula is C14H18BrClN2O2S. The smallest absolute Gasteiger partial charge is 0.243 e. The Labute approximate surface area is 139 Å². The summed E-state index contributed by atoms with van der Waals surface area (Å²) in [7, 11) is -1.79. The normalized spacial score (nSPS) is 29.0. The van der Waals surface area contributed by atoms with E-state index in [0.29, 0.717) is 21.6 Å². The lowest BCUT2D eigenvalue weighted by atomic mass is 10.0. The Morgan fingerprint density at radius 1 is 1.29 bits per heavy atom. The van der Waals surface area contributed by atoms with Crippen molar-refractivity contribution in [2.45, 2.75) is 48.7 Å². The Hall–Kier alpha value is -0.140. The third-order valence-electron chi connectivity index (χ3n) is 4.53. The maximum atomic E-state index is 12.8. The van der Waals surface area contributed by atoms with Crippen LogP contribution < -0.4 is 5.32 Å². The summed E-state index contributed by atoms with van der Waals surface area (Å²) in [5.41, 5.74) is 0. The zero-order chi connectivity index (χ0) is 15.2. The van der Waals surface area contributed by atoms with Crippen molar-refractivity contribution in [3.8, 4) is 0 Å². The molecule has 0 radical (unpaired) electrons. The fraction of sp³-hybridized carbons (Fsp3) is 0.571. The number of fused-ring (bicyclic) bond motifs is 2. The van der Waals surface area contributed by atoms with Gasteiger partial charge in [-0.1, -0.05) is 11.6 Å². The molecule has 2 atom stereocenters. The number of rotatable bonds is 3. The van der Waals surface area contributed by atoms with Gasteiger partial charge in [0.25, 0.3) is 0 Å². The minimum atomic E-state index is -3.48. The summed E-state index contributed by atoms with van der Waals surface area (Å²) >= 11 is 9.23. The predicted octanol–water partition coefficient (Wildman–Crippen LogP) is 3.01. The van der Waals surface area contributed by atoms with Crippen molar-refractivity contribution in [1.82, 2.24) is 9.62 Å². The molecule has 1 aromatic carbocycles. The van der Waals surface area contributed by atoms with Crippen molar-refractivity contribution in [3.05, 3.63) is 27.7 Å². The topological polar surface area (TPSA) is 49.4 Å². The van der Waals surface area contributed by atoms with Crippen LogP contribution in [0.25, 0.3) is 0 Å². The highest BCUT2D eigenvalue weighted by Gasteiger charge is 2.38. The second-order valence-electron chi connectivity index (χ2n) is 5.86. The predicted molar refractivity (Wildman–Crippen MR) is 87.1 cm³/mol. The van der Waals surface area contributed by atoms with Crippen LogP contribution in [0.1, 0.15) is 25.7 Å². The number of hydrogen-bond donors (Lipinski definition) is 1. The van der Waals surface area contributed by atoms with Crippen LogP contribution in [0.15, 0.2) is 27.6 Å². The fourth-order valence-corrected chi connectivity index (χ4v) is 5.38. The lowest BCUT2D eigenvalue weighted by Crippen LogP contribution is -2.48. The standard InChI is InChI=1S/C14H18BrClN2O2S/c1-18(11-6-9-2-3-10(7-11)17-9)21(19,20)12-4-5-14(16)13(15)8-12/h4-5,8-11,17H,2-3,6-7H2,1H3. The van der Waals surface area contributed by atoms with Gasteiger partial charge in [0.15, 0.2) is 0 Å². The van der Waals surface area contributed by atoms with E-state index in [1.54, 1.807) is 25.2 Å². The highest BCUT2D eigenvalue weighted by atomic mass is 79.9. The highest BCUT2D eigenvalue weighted by Crippen LogP contribution is 2.33. The quantitative estimate of drug-likeness (QED) is 0.859. The highest BCUT2D eigenvalue weighted by molar-refractivity contribution is 9.10. The molecule has 0 amide bonds. The van der Waals surface area contributed by atoms with Gasteiger partial charge in [0.2, 0.25) is 10.0 Å². The van der Waals surface area contributed by atoms with Crippen LogP contribution in [-0.2, 0) is 10.0 Å². The summed E-state index contributed by atoms with van der Waals surface area (Å²) < 4.78 is 27.7. The zero-order valence-electron chi connectivity index (χ0n) is 11.7. The molecule has 7 heteroatoms. The Balaban J connectivity index is 1.85. The molecule has 1 aromatic rings. The molecule has 4 nitrogen and oxygen atoms in total. The summed E-state index contributed by atoms with van der Waals surface area (Å²) in [4.78, 5) is 0.284. The Morgan fingerprint density at radius 2 is 1.90 bits per heavy atom. The average Bonchev–Trinajstić information content (AvgIpc) is 2.79. The van der Waals surface area contributed by atoms with E-state index in [0.717, 1.165) is 25.7 Å². The zero-order valence-corrected chi connectivity index (χ0v) is 14.9. The molecule has 2 unspecified atom stereocenters. The van der Waals surface area contributed by atoms with Crippen LogP contribution in [0.3, 0.4) is 0 Å². The Kier molecular flexibility index (Phi) is 4.36. The largest absolute Gasteiger partial charge is 0.311 e. The van der Waals surface area contributed by atoms with Gasteiger partial charge in [0.1, 0.15) is 0 Å². The maximum absolute atomic E-state index is 12.8. The molecule has 0 aliphatic carbocycles. The molecular weight excluding hydrogens is 376 g/mol. The molecule has 0 aromatic heterocycles. The van der Waals surface area contributed by atoms with Crippen molar-refractivity contribution in [3.63, 3.8) is 0 Å². The molecule has 1 N–H and O–H groups in total. The van der Waals surface area contributed by atoms with E-state index in [1.165, 1.54) is 4.31 Å². The van der Waals surface area contributed by atoms with Gasteiger partial charge >= 0.3 is 0 Å². The van der Waals surface area contributed by atoms with Gasteiger partial charge in [-0.25, -0.2) is 8.42 Å². The minimum Gasteiger partial charge on any atom is -0.311 e. The first-order valence-electron chi connectivity index (χ1n) is 7.07. The number of nitrogens with one attached hydrogen (secondary N) is 1. The number of piperidine rings is 1. The van der Waals surface area contributed by atoms with Gasteiger partial charge < -0.3 is 5.32 Å². The SMILES string of the molecule is CN(C1CC2CCC(C1)N2)S(=O)(=O)c1ccc(Cl)c(Br)c1. The summed E-state index contributed by atoms with van der Waals surface area (Å²) in [6, 6.07) is 5.74. The summed E-state index contributed by atoms with van der Waals surface area (Å²) in [5.74, 6) is 0. The molecule has 2 saturated heterocycles. The number of hydrogen-bond acceptors (Lipinski definition) is 3. The van der Waals surface area contributed by atoms with E-state index in [1.807, 2.05) is 0 Å². The maximum Gasteiger partial charge on any atom is 0.243 e. The van der Waals surface area contributed by atoms with Gasteiger partial charge in [-0.3, -0.25) is 0 Å². The van der Waals surface area contributed by atoms with Crippen molar-refractivity contribution >= 4 is 37.6 Å². The first-order chi connectivity index (χ1) is 9.88. The van der Waals surface area contributed by atoms with Crippen LogP contribution in [0, 0.1) is 0 Å². The van der Waals surface area contributed by atoms with Gasteiger partial charge in [-0.05, 0) is 59.8 Å². The third-order valence-corrected chi connectivity index (χ3v) is 7.65. The van der Waals surface area contributed by atoms with E-state index < -0.39 is 10.0 Å². The van der Waals surface area contributed by atoms with E-state index in [9.17, 15) is 8.42 Å². The van der Waals surface area contributed by atoms with Crippen molar-refractivity contribution < 1.29 is 8.42 Å². The molecule has 116 valence electrons. The van der Waals surface area contributed by atoms with Crippen molar-refractivity contribution in [2.75, 3.05) is 7.05 Å². The first kappa shape index (κ1) is 15.7. The van der Waals surface area contributed by atoms with Gasteiger partial charge in [-0.15, -0.1) is 0 Å². The second-order valence-corrected chi connectivity index (χ2v) is 9.12. The minimum absolute atomic E-state index is 0.0724. The Morgan fingerprint density at radius 3 is 2.48 bits per heavy atom. The van der Waals surface area contributed by atoms with Gasteiger partial charge in [-0.2, -0.15) is 4.31 Å². The van der Waals surface area contributed by atoms with Crippen LogP contribution in [-0.4, -0.2) is 37.9 Å². The molecule has 2 bridgehead atoms. The average molecular weight is 394 g/mol. The molecule has 21 heavy (non-hydrogen) atoms. The lowest BCUT2D eigenvalue weighted by molar-refractivity contribution is 0.251. The Bertz CT molecular complexity index is 640. The lowest BCUT2D eigenvalue weighted by Gasteiger charge is -2.34. The van der Waals surface area contributed by atoms with Crippen molar-refractivity contribution in [2.24, 2.45) is 0 Å². The first-order valence-corrected chi connectivity index (χ1v) is 9.68. The second kappa shape index (κ2) is 5.81. The van der Waals surface area contributed by atoms with E-state index in [-0.39, 0.29) is 10.9 Å². The fourth-order valence-electron chi connectivity index (χ4n) is 3.32. The summed E-state index contributed by atoms with van der Waals surface area (Å²) in [5, 5.41) is 4.05. The van der Waals surface area contributed by atoms with E-state index >= 15 is 0 Å². The van der Waals surface area contributed by atoms with Crippen LogP contribution in [0.4, 0.5) is 0 Å². The monoisotopic (exact) mass is 392 g/mol. The molecule has 2 fully saturated rings. The van der Waals surface area contributed by atoms with Gasteiger partial charge in [0, 0.05) is 29.6 Å². The number of nitrogens with zero attached hydrogens (tertiary/aromatic N) is 1. The van der Waals surface area contributed by atoms with E-state index in [4.69, 9.17) is 11.6 Å². The number of sulfonamides is 1. The molecule has 0 spiro atoms. The van der Waals surface area contributed by atoms with Crippen LogP contribution >= 0.6 is 27.5 Å². The number of benzene rings is 1. The molecule has 2 heterocycles. The van der Waals surface area contributed by atoms with Gasteiger partial charge in [0.05, 0.1) is 9.92 Å². The summed E-state index contributed by atoms with van der Waals surface area (Å²) in [6.07, 6.45) is 4.09. The molecule has 0 saturated carbocycles. The van der Waals surface area contributed by atoms with Crippen LogP contribution in [0.5, 0.6) is 0 Å².